The molecule has 2 heteroatoms. The molecular weight excluding hydrogens is 318 g/mol. The van der Waals surface area contributed by atoms with Crippen molar-refractivity contribution < 1.29 is 4.74 Å². The van der Waals surface area contributed by atoms with E-state index in [-0.39, 0.29) is 5.41 Å². The molecule has 1 unspecified atom stereocenters. The van der Waals surface area contributed by atoms with Gasteiger partial charge in [0.05, 0.1) is 0 Å². The first-order chi connectivity index (χ1) is 12.5. The lowest BCUT2D eigenvalue weighted by Gasteiger charge is -2.26. The third-order valence-corrected chi connectivity index (χ3v) is 4.72. The van der Waals surface area contributed by atoms with E-state index in [1.54, 1.807) is 0 Å². The van der Waals surface area contributed by atoms with Crippen LogP contribution in [-0.2, 0) is 6.61 Å². The van der Waals surface area contributed by atoms with Crippen molar-refractivity contribution in [3.63, 3.8) is 0 Å². The van der Waals surface area contributed by atoms with Gasteiger partial charge in [-0.15, -0.1) is 0 Å². The van der Waals surface area contributed by atoms with E-state index >= 15 is 0 Å². The van der Waals surface area contributed by atoms with E-state index in [1.807, 2.05) is 7.05 Å². The highest BCUT2D eigenvalue weighted by molar-refractivity contribution is 5.85. The molecule has 0 spiro atoms. The summed E-state index contributed by atoms with van der Waals surface area (Å²) in [5, 5.41) is 5.94. The normalized spacial score (nSPS) is 12.9. The van der Waals surface area contributed by atoms with Crippen molar-refractivity contribution in [1.82, 2.24) is 5.32 Å². The predicted octanol–water partition coefficient (Wildman–Crippen LogP) is 6.12. The Morgan fingerprint density at radius 3 is 2.27 bits per heavy atom. The van der Waals surface area contributed by atoms with Crippen LogP contribution in [0.4, 0.5) is 0 Å². The molecule has 3 rings (SSSR count). The summed E-state index contributed by atoms with van der Waals surface area (Å²) >= 11 is 0. The van der Waals surface area contributed by atoms with Crippen LogP contribution >= 0.6 is 0 Å². The first-order valence-electron chi connectivity index (χ1n) is 9.33. The first-order valence-corrected chi connectivity index (χ1v) is 9.33. The van der Waals surface area contributed by atoms with Gasteiger partial charge in [0.15, 0.2) is 0 Å². The number of hydrogen-bond acceptors (Lipinski definition) is 2. The van der Waals surface area contributed by atoms with Crippen LogP contribution in [0, 0.1) is 5.41 Å². The fourth-order valence-corrected chi connectivity index (χ4v) is 3.37. The van der Waals surface area contributed by atoms with Crippen LogP contribution in [0.5, 0.6) is 5.75 Å². The van der Waals surface area contributed by atoms with Crippen LogP contribution in [-0.4, -0.2) is 7.05 Å². The summed E-state index contributed by atoms with van der Waals surface area (Å²) in [6.45, 7) is 7.41. The SMILES string of the molecule is CNC(CC(C)(C)C)c1ccc(OCc2cccc3ccccc23)cc1. The number of nitrogens with one attached hydrogen (secondary N) is 1. The van der Waals surface area contributed by atoms with Crippen molar-refractivity contribution in [3.8, 4) is 5.75 Å². The van der Waals surface area contributed by atoms with Crippen LogP contribution < -0.4 is 10.1 Å². The van der Waals surface area contributed by atoms with E-state index in [0.29, 0.717) is 12.6 Å². The molecule has 136 valence electrons. The van der Waals surface area contributed by atoms with Gasteiger partial charge in [0, 0.05) is 6.04 Å². The Morgan fingerprint density at radius 1 is 0.885 bits per heavy atom. The maximum absolute atomic E-state index is 6.05. The highest BCUT2D eigenvalue weighted by Crippen LogP contribution is 2.30. The summed E-state index contributed by atoms with van der Waals surface area (Å²) in [6, 6.07) is 23.7. The second-order valence-electron chi connectivity index (χ2n) is 8.10. The Balaban J connectivity index is 1.69. The lowest BCUT2D eigenvalue weighted by Crippen LogP contribution is -2.22. The van der Waals surface area contributed by atoms with E-state index in [2.05, 4.69) is 92.8 Å². The fourth-order valence-electron chi connectivity index (χ4n) is 3.37. The van der Waals surface area contributed by atoms with Crippen molar-refractivity contribution in [2.75, 3.05) is 7.05 Å². The third-order valence-electron chi connectivity index (χ3n) is 4.72. The van der Waals surface area contributed by atoms with Gasteiger partial charge in [0.25, 0.3) is 0 Å². The van der Waals surface area contributed by atoms with Gasteiger partial charge in [-0.1, -0.05) is 75.4 Å². The second-order valence-corrected chi connectivity index (χ2v) is 8.10. The zero-order valence-corrected chi connectivity index (χ0v) is 16.3. The molecule has 3 aromatic carbocycles. The molecule has 0 heterocycles. The molecule has 0 saturated heterocycles. The predicted molar refractivity (Wildman–Crippen MR) is 111 cm³/mol. The summed E-state index contributed by atoms with van der Waals surface area (Å²) < 4.78 is 6.05. The zero-order chi connectivity index (χ0) is 18.6. The molecule has 0 aliphatic rings. The number of rotatable bonds is 6. The van der Waals surface area contributed by atoms with Gasteiger partial charge in [-0.3, -0.25) is 0 Å². The van der Waals surface area contributed by atoms with Crippen molar-refractivity contribution in [2.45, 2.75) is 39.8 Å². The lowest BCUT2D eigenvalue weighted by atomic mass is 9.85. The lowest BCUT2D eigenvalue weighted by molar-refractivity contribution is 0.306. The monoisotopic (exact) mass is 347 g/mol. The van der Waals surface area contributed by atoms with Crippen LogP contribution in [0.15, 0.2) is 66.7 Å². The molecule has 0 aliphatic carbocycles. The summed E-state index contributed by atoms with van der Waals surface area (Å²) in [5.41, 5.74) is 2.81. The number of ether oxygens (including phenoxy) is 1. The van der Waals surface area contributed by atoms with E-state index in [9.17, 15) is 0 Å². The quantitative estimate of drug-likeness (QED) is 0.580. The summed E-state index contributed by atoms with van der Waals surface area (Å²) in [7, 11) is 2.03. The van der Waals surface area contributed by atoms with Gasteiger partial charge in [0.2, 0.25) is 0 Å². The highest BCUT2D eigenvalue weighted by atomic mass is 16.5. The Morgan fingerprint density at radius 2 is 1.58 bits per heavy atom. The number of benzene rings is 3. The van der Waals surface area contributed by atoms with Gasteiger partial charge < -0.3 is 10.1 Å². The molecule has 1 N–H and O–H groups in total. The molecule has 0 fully saturated rings. The van der Waals surface area contributed by atoms with Crippen molar-refractivity contribution in [3.05, 3.63) is 77.9 Å². The van der Waals surface area contributed by atoms with Gasteiger partial charge in [-0.2, -0.15) is 0 Å². The molecule has 1 atom stereocenters. The largest absolute Gasteiger partial charge is 0.489 e. The summed E-state index contributed by atoms with van der Waals surface area (Å²) in [5.74, 6) is 0.910. The zero-order valence-electron chi connectivity index (χ0n) is 16.3. The minimum absolute atomic E-state index is 0.289. The molecule has 26 heavy (non-hydrogen) atoms. The Kier molecular flexibility index (Phi) is 5.63. The van der Waals surface area contributed by atoms with Crippen LogP contribution in [0.2, 0.25) is 0 Å². The van der Waals surface area contributed by atoms with Crippen LogP contribution in [0.1, 0.15) is 44.4 Å². The maximum Gasteiger partial charge on any atom is 0.119 e. The molecule has 0 bridgehead atoms. The molecule has 0 aliphatic heterocycles. The van der Waals surface area contributed by atoms with Crippen molar-refractivity contribution in [1.29, 1.82) is 0 Å². The second kappa shape index (κ2) is 7.92. The average molecular weight is 348 g/mol. The standard InChI is InChI=1S/C24H29NO/c1-24(2,3)16-23(25-4)19-12-14-21(15-13-19)26-17-20-10-7-9-18-8-5-6-11-22(18)20/h5-15,23,25H,16-17H2,1-4H3. The molecule has 0 amide bonds. The topological polar surface area (TPSA) is 21.3 Å². The molecular formula is C24H29NO. The van der Waals surface area contributed by atoms with Gasteiger partial charge in [-0.05, 0) is 52.9 Å². The number of hydrogen-bond donors (Lipinski definition) is 1. The first kappa shape index (κ1) is 18.5. The van der Waals surface area contributed by atoms with Gasteiger partial charge >= 0.3 is 0 Å². The summed E-state index contributed by atoms with van der Waals surface area (Å²) in [4.78, 5) is 0. The minimum Gasteiger partial charge on any atom is -0.489 e. The van der Waals surface area contributed by atoms with Crippen molar-refractivity contribution in [2.24, 2.45) is 5.41 Å². The smallest absolute Gasteiger partial charge is 0.119 e. The van der Waals surface area contributed by atoms with E-state index in [0.717, 1.165) is 12.2 Å². The van der Waals surface area contributed by atoms with E-state index < -0.39 is 0 Å². The molecule has 2 nitrogen and oxygen atoms in total. The highest BCUT2D eigenvalue weighted by Gasteiger charge is 2.18. The van der Waals surface area contributed by atoms with E-state index in [4.69, 9.17) is 4.74 Å². The van der Waals surface area contributed by atoms with Gasteiger partial charge in [-0.25, -0.2) is 0 Å². The Bertz CT molecular complexity index is 841. The molecule has 0 saturated carbocycles. The van der Waals surface area contributed by atoms with Crippen molar-refractivity contribution >= 4 is 10.8 Å². The fraction of sp³-hybridized carbons (Fsp3) is 0.333. The Hall–Kier alpha value is -2.32. The Labute approximate surface area is 157 Å². The molecule has 3 aromatic rings. The van der Waals surface area contributed by atoms with E-state index in [1.165, 1.54) is 21.9 Å². The molecule has 0 aromatic heterocycles. The number of fused-ring (bicyclic) bond motifs is 1. The third kappa shape index (κ3) is 4.64. The van der Waals surface area contributed by atoms with Gasteiger partial charge in [0.1, 0.15) is 12.4 Å². The minimum atomic E-state index is 0.289. The maximum atomic E-state index is 6.05. The average Bonchev–Trinajstić information content (AvgIpc) is 2.64. The molecule has 0 radical (unpaired) electrons. The van der Waals surface area contributed by atoms with Crippen LogP contribution in [0.3, 0.4) is 0 Å². The van der Waals surface area contributed by atoms with Crippen LogP contribution in [0.25, 0.3) is 10.8 Å². The summed E-state index contributed by atoms with van der Waals surface area (Å²) in [6.07, 6.45) is 1.10.